The van der Waals surface area contributed by atoms with E-state index in [1.165, 1.54) is 5.56 Å². The number of alkyl halides is 1. The van der Waals surface area contributed by atoms with Crippen LogP contribution in [-0.2, 0) is 18.3 Å². The summed E-state index contributed by atoms with van der Waals surface area (Å²) in [6.45, 7) is 2.88. The summed E-state index contributed by atoms with van der Waals surface area (Å²) in [5, 5.41) is 0. The third-order valence-electron chi connectivity index (χ3n) is 2.91. The number of halogens is 1. The number of hydrogen-bond acceptors (Lipinski definition) is 2. The summed E-state index contributed by atoms with van der Waals surface area (Å²) in [6.07, 6.45) is 4.89. The molecular weight excluding hydrogens is 207 g/mol. The minimum Gasteiger partial charge on any atom is -0.374 e. The molecule has 1 aromatic rings. The molecule has 16 heavy (non-hydrogen) atoms. The molecule has 3 nitrogen and oxygen atoms in total. The molecule has 0 aliphatic carbocycles. The largest absolute Gasteiger partial charge is 0.374 e. The van der Waals surface area contributed by atoms with Crippen molar-refractivity contribution in [3.63, 3.8) is 0 Å². The molecule has 1 fully saturated rings. The zero-order chi connectivity index (χ0) is 11.4. The molecule has 0 saturated carbocycles. The molecule has 2 heterocycles. The topological polar surface area (TPSA) is 17.4 Å². The Bertz CT molecular complexity index is 327. The fourth-order valence-electron chi connectivity index (χ4n) is 2.12. The zero-order valence-electron chi connectivity index (χ0n) is 9.73. The third kappa shape index (κ3) is 3.06. The van der Waals surface area contributed by atoms with Gasteiger partial charge in [-0.3, -0.25) is 4.90 Å². The van der Waals surface area contributed by atoms with Crippen molar-refractivity contribution in [3.05, 3.63) is 24.0 Å². The normalized spacial score (nSPS) is 23.2. The van der Waals surface area contributed by atoms with Crippen molar-refractivity contribution in [3.8, 4) is 0 Å². The minimum atomic E-state index is -0.384. The Kier molecular flexibility index (Phi) is 3.96. The Morgan fingerprint density at radius 3 is 3.12 bits per heavy atom. The van der Waals surface area contributed by atoms with Crippen molar-refractivity contribution >= 4 is 0 Å². The molecule has 1 unspecified atom stereocenters. The van der Waals surface area contributed by atoms with E-state index in [1.807, 2.05) is 17.8 Å². The lowest BCUT2D eigenvalue weighted by Crippen LogP contribution is -2.32. The lowest BCUT2D eigenvalue weighted by molar-refractivity contribution is 0.0359. The van der Waals surface area contributed by atoms with Crippen molar-refractivity contribution in [1.82, 2.24) is 9.47 Å². The predicted octanol–water partition coefficient (Wildman–Crippen LogP) is 1.59. The number of rotatable bonds is 3. The molecule has 4 heteroatoms. The maximum absolute atomic E-state index is 12.6. The second kappa shape index (κ2) is 5.46. The highest BCUT2D eigenvalue weighted by atomic mass is 19.1. The lowest BCUT2D eigenvalue weighted by Gasteiger charge is -2.21. The minimum absolute atomic E-state index is 0.244. The molecule has 90 valence electrons. The van der Waals surface area contributed by atoms with Gasteiger partial charge >= 0.3 is 0 Å². The fourth-order valence-corrected chi connectivity index (χ4v) is 2.12. The predicted molar refractivity (Wildman–Crippen MR) is 61.0 cm³/mol. The fraction of sp³-hybridized carbons (Fsp3) is 0.667. The van der Waals surface area contributed by atoms with Gasteiger partial charge in [-0.05, 0) is 18.1 Å². The van der Waals surface area contributed by atoms with E-state index >= 15 is 0 Å². The van der Waals surface area contributed by atoms with Crippen LogP contribution in [0.1, 0.15) is 12.0 Å². The molecule has 0 radical (unpaired) electrons. The van der Waals surface area contributed by atoms with Crippen LogP contribution in [0, 0.1) is 0 Å². The lowest BCUT2D eigenvalue weighted by atomic mass is 10.2. The van der Waals surface area contributed by atoms with E-state index in [0.717, 1.165) is 19.5 Å². The highest BCUT2D eigenvalue weighted by molar-refractivity contribution is 5.09. The molecule has 1 saturated heterocycles. The molecule has 0 amide bonds. The molecule has 1 atom stereocenters. The van der Waals surface area contributed by atoms with Crippen molar-refractivity contribution in [2.24, 2.45) is 7.05 Å². The maximum Gasteiger partial charge on any atom is 0.117 e. The second-order valence-electron chi connectivity index (χ2n) is 4.42. The first-order valence-corrected chi connectivity index (χ1v) is 5.78. The first-order chi connectivity index (χ1) is 7.78. The van der Waals surface area contributed by atoms with Crippen LogP contribution < -0.4 is 0 Å². The Hall–Kier alpha value is -0.870. The molecule has 1 aliphatic heterocycles. The standard InChI is InChI=1S/C12H19FN2O/c1-14-5-3-11(8-14)9-15-4-2-6-16-12(7-13)10-15/h3,5,8,12H,2,4,6-7,9-10H2,1H3. The summed E-state index contributed by atoms with van der Waals surface area (Å²) >= 11 is 0. The smallest absolute Gasteiger partial charge is 0.117 e. The average molecular weight is 226 g/mol. The molecular formula is C12H19FN2O. The molecule has 0 bridgehead atoms. The van der Waals surface area contributed by atoms with E-state index in [9.17, 15) is 4.39 Å². The van der Waals surface area contributed by atoms with Gasteiger partial charge in [-0.25, -0.2) is 4.39 Å². The number of aryl methyl sites for hydroxylation is 1. The van der Waals surface area contributed by atoms with E-state index in [4.69, 9.17) is 4.74 Å². The maximum atomic E-state index is 12.6. The summed E-state index contributed by atoms with van der Waals surface area (Å²) in [4.78, 5) is 2.27. The SMILES string of the molecule is Cn1ccc(CN2CCCOC(CF)C2)c1. The monoisotopic (exact) mass is 226 g/mol. The van der Waals surface area contributed by atoms with E-state index in [0.29, 0.717) is 13.2 Å². The Balaban J connectivity index is 1.92. The van der Waals surface area contributed by atoms with Gasteiger partial charge in [-0.2, -0.15) is 0 Å². The van der Waals surface area contributed by atoms with Crippen LogP contribution in [-0.4, -0.2) is 41.9 Å². The summed E-state index contributed by atoms with van der Waals surface area (Å²) in [5.41, 5.74) is 1.28. The van der Waals surface area contributed by atoms with Gasteiger partial charge in [-0.15, -0.1) is 0 Å². The van der Waals surface area contributed by atoms with Crippen LogP contribution in [0.3, 0.4) is 0 Å². The first-order valence-electron chi connectivity index (χ1n) is 5.78. The van der Waals surface area contributed by atoms with Gasteiger partial charge in [-0.1, -0.05) is 0 Å². The summed E-state index contributed by atoms with van der Waals surface area (Å²) < 4.78 is 20.1. The molecule has 2 rings (SSSR count). The molecule has 0 aromatic carbocycles. The summed E-state index contributed by atoms with van der Waals surface area (Å²) in [6, 6.07) is 2.11. The summed E-state index contributed by atoms with van der Waals surface area (Å²) in [7, 11) is 2.01. The van der Waals surface area contributed by atoms with Crippen LogP contribution >= 0.6 is 0 Å². The van der Waals surface area contributed by atoms with Gasteiger partial charge < -0.3 is 9.30 Å². The van der Waals surface area contributed by atoms with Gasteiger partial charge in [0.05, 0.1) is 6.10 Å². The second-order valence-corrected chi connectivity index (χ2v) is 4.42. The van der Waals surface area contributed by atoms with Crippen LogP contribution in [0.15, 0.2) is 18.5 Å². The van der Waals surface area contributed by atoms with Crippen molar-refractivity contribution in [2.75, 3.05) is 26.4 Å². The highest BCUT2D eigenvalue weighted by Gasteiger charge is 2.18. The molecule has 1 aliphatic rings. The van der Waals surface area contributed by atoms with Crippen molar-refractivity contribution in [1.29, 1.82) is 0 Å². The molecule has 0 spiro atoms. The number of hydrogen-bond donors (Lipinski definition) is 0. The Morgan fingerprint density at radius 2 is 2.44 bits per heavy atom. The van der Waals surface area contributed by atoms with E-state index in [1.54, 1.807) is 0 Å². The Labute approximate surface area is 95.8 Å². The van der Waals surface area contributed by atoms with Gasteiger partial charge in [0, 0.05) is 45.7 Å². The van der Waals surface area contributed by atoms with E-state index in [2.05, 4.69) is 17.2 Å². The highest BCUT2D eigenvalue weighted by Crippen LogP contribution is 2.11. The molecule has 0 N–H and O–H groups in total. The van der Waals surface area contributed by atoms with Crippen LogP contribution in [0.2, 0.25) is 0 Å². The van der Waals surface area contributed by atoms with Crippen molar-refractivity contribution < 1.29 is 9.13 Å². The molecule has 1 aromatic heterocycles. The summed E-state index contributed by atoms with van der Waals surface area (Å²) in [5.74, 6) is 0. The zero-order valence-corrected chi connectivity index (χ0v) is 9.73. The number of nitrogens with zero attached hydrogens (tertiary/aromatic N) is 2. The average Bonchev–Trinajstić information content (AvgIpc) is 2.55. The van der Waals surface area contributed by atoms with E-state index in [-0.39, 0.29) is 12.8 Å². The van der Waals surface area contributed by atoms with Crippen molar-refractivity contribution in [2.45, 2.75) is 19.1 Å². The van der Waals surface area contributed by atoms with E-state index < -0.39 is 0 Å². The van der Waals surface area contributed by atoms with Gasteiger partial charge in [0.15, 0.2) is 0 Å². The van der Waals surface area contributed by atoms with Gasteiger partial charge in [0.1, 0.15) is 6.67 Å². The quantitative estimate of drug-likeness (QED) is 0.778. The van der Waals surface area contributed by atoms with Crippen LogP contribution in [0.25, 0.3) is 0 Å². The van der Waals surface area contributed by atoms with Gasteiger partial charge in [0.25, 0.3) is 0 Å². The van der Waals surface area contributed by atoms with Crippen LogP contribution in [0.4, 0.5) is 4.39 Å². The number of ether oxygens (including phenoxy) is 1. The third-order valence-corrected chi connectivity index (χ3v) is 2.91. The van der Waals surface area contributed by atoms with Crippen LogP contribution in [0.5, 0.6) is 0 Å². The van der Waals surface area contributed by atoms with Gasteiger partial charge in [0.2, 0.25) is 0 Å². The first kappa shape index (κ1) is 11.6. The Morgan fingerprint density at radius 1 is 1.56 bits per heavy atom. The number of aromatic nitrogens is 1.